The van der Waals surface area contributed by atoms with Gasteiger partial charge in [-0.2, -0.15) is 0 Å². The zero-order chi connectivity index (χ0) is 10.5. The molecule has 1 heteroatoms. The maximum atomic E-state index is 2.68. The second kappa shape index (κ2) is 2.85. The summed E-state index contributed by atoms with van der Waals surface area (Å²) in [6.07, 6.45) is 4.09. The molecule has 0 saturated carbocycles. The fraction of sp³-hybridized carbons (Fsp3) is 0.571. The molecule has 2 aliphatic heterocycles. The molecule has 80 valence electrons. The van der Waals surface area contributed by atoms with E-state index in [0.717, 1.165) is 0 Å². The van der Waals surface area contributed by atoms with Gasteiger partial charge in [-0.25, -0.2) is 0 Å². The normalized spacial score (nSPS) is 37.1. The summed E-state index contributed by atoms with van der Waals surface area (Å²) < 4.78 is 0. The fourth-order valence-corrected chi connectivity index (χ4v) is 3.67. The Labute approximate surface area is 92.1 Å². The summed E-state index contributed by atoms with van der Waals surface area (Å²) in [7, 11) is 0. The van der Waals surface area contributed by atoms with E-state index < -0.39 is 0 Å². The molecule has 2 fully saturated rings. The monoisotopic (exact) mass is 201 g/mol. The minimum absolute atomic E-state index is 0.368. The molecule has 0 N–H and O–H groups in total. The van der Waals surface area contributed by atoms with E-state index in [-0.39, 0.29) is 0 Å². The van der Waals surface area contributed by atoms with Crippen LogP contribution in [0, 0.1) is 0 Å². The van der Waals surface area contributed by atoms with Gasteiger partial charge >= 0.3 is 0 Å². The van der Waals surface area contributed by atoms with Gasteiger partial charge < -0.3 is 0 Å². The highest BCUT2D eigenvalue weighted by atomic mass is 15.4. The van der Waals surface area contributed by atoms with E-state index in [1.807, 2.05) is 0 Å². The van der Waals surface area contributed by atoms with Crippen LogP contribution in [-0.4, -0.2) is 17.0 Å². The lowest BCUT2D eigenvalue weighted by molar-refractivity contribution is 0.317. The lowest BCUT2D eigenvalue weighted by Crippen LogP contribution is -2.22. The largest absolute Gasteiger partial charge is 0.285 e. The molecule has 15 heavy (non-hydrogen) atoms. The van der Waals surface area contributed by atoms with Gasteiger partial charge in [0.2, 0.25) is 0 Å². The minimum atomic E-state index is 0.368. The summed E-state index contributed by atoms with van der Waals surface area (Å²) in [5.74, 6) is 0. The molecule has 0 aromatic heterocycles. The van der Waals surface area contributed by atoms with Crippen molar-refractivity contribution in [3.8, 4) is 0 Å². The van der Waals surface area contributed by atoms with E-state index in [1.165, 1.54) is 31.4 Å². The molecular formula is C14H19N. The molecule has 3 rings (SSSR count). The Bertz CT molecular complexity index is 368. The second-order valence-electron chi connectivity index (χ2n) is 5.39. The van der Waals surface area contributed by atoms with Crippen LogP contribution in [0.1, 0.15) is 38.7 Å². The first-order valence-electron chi connectivity index (χ1n) is 6.03. The number of nitrogens with zero attached hydrogens (tertiary/aromatic N) is 1. The van der Waals surface area contributed by atoms with E-state index >= 15 is 0 Å². The summed E-state index contributed by atoms with van der Waals surface area (Å²) in [5.41, 5.74) is 2.27. The Morgan fingerprint density at radius 1 is 1.07 bits per heavy atom. The molecule has 2 heterocycles. The molecule has 2 atom stereocenters. The summed E-state index contributed by atoms with van der Waals surface area (Å²) >= 11 is 0. The Kier molecular flexibility index (Phi) is 1.79. The van der Waals surface area contributed by atoms with Crippen molar-refractivity contribution in [2.45, 2.75) is 44.2 Å². The van der Waals surface area contributed by atoms with E-state index in [0.29, 0.717) is 11.1 Å². The topological polar surface area (TPSA) is 3.01 Å². The first kappa shape index (κ1) is 9.41. The third-order valence-electron chi connectivity index (χ3n) is 4.52. The van der Waals surface area contributed by atoms with Crippen LogP contribution in [0.25, 0.3) is 0 Å². The van der Waals surface area contributed by atoms with Crippen LogP contribution in [0.3, 0.4) is 0 Å². The number of hydrogen-bond acceptors (Lipinski definition) is 1. The molecule has 0 spiro atoms. The van der Waals surface area contributed by atoms with Crippen molar-refractivity contribution in [2.24, 2.45) is 0 Å². The van der Waals surface area contributed by atoms with Crippen LogP contribution in [-0.2, 0) is 5.54 Å². The highest BCUT2D eigenvalue weighted by molar-refractivity contribution is 5.39. The van der Waals surface area contributed by atoms with Gasteiger partial charge in [0, 0.05) is 5.54 Å². The molecule has 1 nitrogen and oxygen atoms in total. The van der Waals surface area contributed by atoms with Crippen LogP contribution in [0.4, 0.5) is 0 Å². The summed E-state index contributed by atoms with van der Waals surface area (Å²) in [6, 6.07) is 11.1. The van der Waals surface area contributed by atoms with E-state index in [4.69, 9.17) is 0 Å². The fourth-order valence-electron chi connectivity index (χ4n) is 3.67. The van der Waals surface area contributed by atoms with Gasteiger partial charge in [-0.05, 0) is 45.2 Å². The number of piperidine rings is 1. The van der Waals surface area contributed by atoms with Crippen molar-refractivity contribution in [1.82, 2.24) is 4.90 Å². The quantitative estimate of drug-likeness (QED) is 0.631. The molecule has 2 saturated heterocycles. The van der Waals surface area contributed by atoms with Gasteiger partial charge in [0.1, 0.15) is 0 Å². The standard InChI is InChI=1S/C14H19N/c1-13(2)14(10-6-7-11-15(13)14)12-8-4-3-5-9-12/h3-5,8-9H,6-7,10-11H2,1-2H3. The van der Waals surface area contributed by atoms with Crippen molar-refractivity contribution in [1.29, 1.82) is 0 Å². The average molecular weight is 201 g/mol. The number of fused-ring (bicyclic) bond motifs is 1. The van der Waals surface area contributed by atoms with Gasteiger partial charge in [-0.15, -0.1) is 0 Å². The lowest BCUT2D eigenvalue weighted by Gasteiger charge is -2.23. The summed E-state index contributed by atoms with van der Waals surface area (Å²) in [6.45, 7) is 6.07. The van der Waals surface area contributed by atoms with Crippen molar-refractivity contribution >= 4 is 0 Å². The summed E-state index contributed by atoms with van der Waals surface area (Å²) in [4.78, 5) is 2.68. The predicted molar refractivity (Wildman–Crippen MR) is 62.8 cm³/mol. The second-order valence-corrected chi connectivity index (χ2v) is 5.39. The van der Waals surface area contributed by atoms with Crippen molar-refractivity contribution in [3.63, 3.8) is 0 Å². The van der Waals surface area contributed by atoms with Crippen molar-refractivity contribution in [3.05, 3.63) is 35.9 Å². The molecular weight excluding hydrogens is 182 g/mol. The Morgan fingerprint density at radius 3 is 2.47 bits per heavy atom. The van der Waals surface area contributed by atoms with Crippen molar-refractivity contribution in [2.75, 3.05) is 6.54 Å². The van der Waals surface area contributed by atoms with E-state index in [1.54, 1.807) is 0 Å². The molecule has 2 unspecified atom stereocenters. The molecule has 0 amide bonds. The molecule has 1 aromatic rings. The molecule has 0 aliphatic carbocycles. The van der Waals surface area contributed by atoms with Crippen LogP contribution in [0.5, 0.6) is 0 Å². The molecule has 0 radical (unpaired) electrons. The number of hydrogen-bond donors (Lipinski definition) is 0. The highest BCUT2D eigenvalue weighted by Gasteiger charge is 2.69. The summed E-state index contributed by atoms with van der Waals surface area (Å²) in [5, 5.41) is 0. The van der Waals surface area contributed by atoms with Crippen LogP contribution in [0.15, 0.2) is 30.3 Å². The predicted octanol–water partition coefficient (Wildman–Crippen LogP) is 3.16. The SMILES string of the molecule is CC1(C)N2CCCCC21c1ccccc1. The first-order chi connectivity index (χ1) is 7.19. The van der Waals surface area contributed by atoms with Gasteiger partial charge in [0.05, 0.1) is 5.54 Å². The average Bonchev–Trinajstić information content (AvgIpc) is 2.80. The van der Waals surface area contributed by atoms with Gasteiger partial charge in [0.25, 0.3) is 0 Å². The van der Waals surface area contributed by atoms with Crippen LogP contribution < -0.4 is 0 Å². The minimum Gasteiger partial charge on any atom is -0.285 e. The maximum Gasteiger partial charge on any atom is 0.0646 e. The van der Waals surface area contributed by atoms with Crippen LogP contribution in [0.2, 0.25) is 0 Å². The zero-order valence-corrected chi connectivity index (χ0v) is 9.66. The molecule has 0 bridgehead atoms. The van der Waals surface area contributed by atoms with Gasteiger partial charge in [-0.3, -0.25) is 4.90 Å². The maximum absolute atomic E-state index is 2.68. The van der Waals surface area contributed by atoms with Gasteiger partial charge in [-0.1, -0.05) is 30.3 Å². The zero-order valence-electron chi connectivity index (χ0n) is 9.66. The first-order valence-corrected chi connectivity index (χ1v) is 6.03. The Balaban J connectivity index is 2.04. The van der Waals surface area contributed by atoms with E-state index in [9.17, 15) is 0 Å². The third kappa shape index (κ3) is 1.02. The third-order valence-corrected chi connectivity index (χ3v) is 4.52. The number of benzene rings is 1. The lowest BCUT2D eigenvalue weighted by atomic mass is 9.83. The van der Waals surface area contributed by atoms with Crippen molar-refractivity contribution < 1.29 is 0 Å². The Morgan fingerprint density at radius 2 is 1.80 bits per heavy atom. The Hall–Kier alpha value is -0.820. The molecule has 2 aliphatic rings. The van der Waals surface area contributed by atoms with Gasteiger partial charge in [0.15, 0.2) is 0 Å². The highest BCUT2D eigenvalue weighted by Crippen LogP contribution is 2.63. The smallest absolute Gasteiger partial charge is 0.0646 e. The van der Waals surface area contributed by atoms with Crippen LogP contribution >= 0.6 is 0 Å². The molecule has 1 aromatic carbocycles. The number of rotatable bonds is 1. The van der Waals surface area contributed by atoms with E-state index in [2.05, 4.69) is 49.1 Å².